The predicted octanol–water partition coefficient (Wildman–Crippen LogP) is 2.13. The topological polar surface area (TPSA) is 62.2 Å². The molecule has 1 saturated heterocycles. The van der Waals surface area contributed by atoms with Crippen molar-refractivity contribution in [2.75, 3.05) is 26.3 Å². The van der Waals surface area contributed by atoms with E-state index in [-0.39, 0.29) is 12.7 Å². The summed E-state index contributed by atoms with van der Waals surface area (Å²) in [4.78, 5) is 1.76. The van der Waals surface area contributed by atoms with Crippen molar-refractivity contribution in [3.05, 3.63) is 12.7 Å². The number of rotatable bonds is 6. The zero-order chi connectivity index (χ0) is 17.1. The number of ether oxygens (including phenoxy) is 2. The van der Waals surface area contributed by atoms with Crippen molar-refractivity contribution in [2.24, 2.45) is 11.3 Å². The maximum Gasteiger partial charge on any atom is 0.168 e. The summed E-state index contributed by atoms with van der Waals surface area (Å²) >= 11 is 0. The number of nitrogens with zero attached hydrogens (tertiary/aromatic N) is 1. The summed E-state index contributed by atoms with van der Waals surface area (Å²) in [7, 11) is 0. The number of aliphatic hydroxyl groups excluding tert-OH is 2. The van der Waals surface area contributed by atoms with E-state index in [4.69, 9.17) is 14.6 Å². The molecule has 0 amide bonds. The van der Waals surface area contributed by atoms with E-state index >= 15 is 0 Å². The van der Waals surface area contributed by atoms with Gasteiger partial charge in [0.1, 0.15) is 6.23 Å². The lowest BCUT2D eigenvalue weighted by Crippen LogP contribution is -2.43. The van der Waals surface area contributed by atoms with Crippen LogP contribution in [0.3, 0.4) is 0 Å². The van der Waals surface area contributed by atoms with Crippen molar-refractivity contribution < 1.29 is 19.7 Å². The Hall–Kier alpha value is -0.460. The minimum atomic E-state index is -0.765. The molecule has 0 bridgehead atoms. The second-order valence-electron chi connectivity index (χ2n) is 7.97. The summed E-state index contributed by atoms with van der Waals surface area (Å²) in [6.45, 7) is 12.0. The Labute approximate surface area is 140 Å². The van der Waals surface area contributed by atoms with Crippen molar-refractivity contribution in [2.45, 2.75) is 64.6 Å². The third-order valence-electron chi connectivity index (χ3n) is 5.30. The molecule has 2 rings (SSSR count). The molecule has 0 aromatic carbocycles. The Bertz CT molecular complexity index is 385. The molecular weight excluding hydrogens is 294 g/mol. The first-order chi connectivity index (χ1) is 10.8. The van der Waals surface area contributed by atoms with E-state index in [9.17, 15) is 5.11 Å². The third-order valence-corrected chi connectivity index (χ3v) is 5.30. The molecule has 2 aliphatic rings. The van der Waals surface area contributed by atoms with Gasteiger partial charge in [-0.15, -0.1) is 0 Å². The van der Waals surface area contributed by atoms with Gasteiger partial charge in [-0.2, -0.15) is 0 Å². The summed E-state index contributed by atoms with van der Waals surface area (Å²) in [6, 6.07) is 0. The Morgan fingerprint density at radius 1 is 1.35 bits per heavy atom. The van der Waals surface area contributed by atoms with Crippen LogP contribution in [0.5, 0.6) is 0 Å². The molecule has 1 heterocycles. The monoisotopic (exact) mass is 327 g/mol. The van der Waals surface area contributed by atoms with Gasteiger partial charge in [-0.3, -0.25) is 4.90 Å². The lowest BCUT2D eigenvalue weighted by atomic mass is 9.71. The van der Waals surface area contributed by atoms with Crippen LogP contribution >= 0.6 is 0 Å². The van der Waals surface area contributed by atoms with Gasteiger partial charge in [0.2, 0.25) is 0 Å². The minimum Gasteiger partial charge on any atom is -0.395 e. The molecule has 1 aliphatic carbocycles. The van der Waals surface area contributed by atoms with Gasteiger partial charge in [0.25, 0.3) is 0 Å². The van der Waals surface area contributed by atoms with Gasteiger partial charge in [0.05, 0.1) is 19.3 Å². The molecular formula is C18H33NO4. The summed E-state index contributed by atoms with van der Waals surface area (Å²) in [5, 5.41) is 19.1. The second kappa shape index (κ2) is 7.62. The predicted molar refractivity (Wildman–Crippen MR) is 89.8 cm³/mol. The van der Waals surface area contributed by atoms with Crippen LogP contribution in [-0.2, 0) is 9.47 Å². The van der Waals surface area contributed by atoms with E-state index in [0.717, 1.165) is 25.7 Å². The summed E-state index contributed by atoms with van der Waals surface area (Å²) < 4.78 is 12.3. The molecule has 0 radical (unpaired) electrons. The maximum absolute atomic E-state index is 9.94. The smallest absolute Gasteiger partial charge is 0.168 e. The summed E-state index contributed by atoms with van der Waals surface area (Å²) in [5.74, 6) is 0.282. The van der Waals surface area contributed by atoms with Gasteiger partial charge in [0.15, 0.2) is 5.79 Å². The quantitative estimate of drug-likeness (QED) is 0.578. The van der Waals surface area contributed by atoms with Crippen LogP contribution in [0.4, 0.5) is 0 Å². The molecule has 2 fully saturated rings. The van der Waals surface area contributed by atoms with E-state index in [1.807, 2.05) is 0 Å². The van der Waals surface area contributed by atoms with E-state index in [0.29, 0.717) is 31.0 Å². The Balaban J connectivity index is 1.87. The molecule has 5 heteroatoms. The van der Waals surface area contributed by atoms with Gasteiger partial charge in [-0.1, -0.05) is 27.4 Å². The summed E-state index contributed by atoms with van der Waals surface area (Å²) in [6.07, 6.45) is 4.78. The molecule has 0 aromatic rings. The normalized spacial score (nSPS) is 33.3. The number of hydrogen-bond acceptors (Lipinski definition) is 5. The molecule has 2 atom stereocenters. The SMILES string of the molecule is C=CC(O)N(CCO)CC1COC2(CCC(C(C)(C)C)CC2)O1. The fraction of sp³-hybridized carbons (Fsp3) is 0.889. The molecule has 1 saturated carbocycles. The Morgan fingerprint density at radius 2 is 2.00 bits per heavy atom. The Morgan fingerprint density at radius 3 is 2.52 bits per heavy atom. The highest BCUT2D eigenvalue weighted by molar-refractivity contribution is 4.90. The van der Waals surface area contributed by atoms with E-state index in [1.165, 1.54) is 6.08 Å². The van der Waals surface area contributed by atoms with Crippen molar-refractivity contribution in [3.63, 3.8) is 0 Å². The highest BCUT2D eigenvalue weighted by atomic mass is 16.7. The Kier molecular flexibility index (Phi) is 6.25. The molecule has 1 spiro atoms. The number of hydrogen-bond donors (Lipinski definition) is 2. The zero-order valence-corrected chi connectivity index (χ0v) is 14.8. The second-order valence-corrected chi connectivity index (χ2v) is 7.97. The minimum absolute atomic E-state index is 0.00309. The van der Waals surface area contributed by atoms with Gasteiger partial charge in [-0.25, -0.2) is 0 Å². The van der Waals surface area contributed by atoms with Gasteiger partial charge < -0.3 is 19.7 Å². The first-order valence-electron chi connectivity index (χ1n) is 8.77. The van der Waals surface area contributed by atoms with Crippen LogP contribution in [0.1, 0.15) is 46.5 Å². The standard InChI is InChI=1S/C18H33NO4/c1-5-16(21)19(10-11-20)12-15-13-22-18(23-15)8-6-14(7-9-18)17(2,3)4/h5,14-16,20-21H,1,6-13H2,2-4H3. The molecule has 5 nitrogen and oxygen atoms in total. The van der Waals surface area contributed by atoms with Crippen LogP contribution in [0.25, 0.3) is 0 Å². The van der Waals surface area contributed by atoms with Crippen molar-refractivity contribution in [3.8, 4) is 0 Å². The molecule has 2 N–H and O–H groups in total. The summed E-state index contributed by atoms with van der Waals surface area (Å²) in [5.41, 5.74) is 0.339. The van der Waals surface area contributed by atoms with Crippen LogP contribution < -0.4 is 0 Å². The lowest BCUT2D eigenvalue weighted by molar-refractivity contribution is -0.198. The van der Waals surface area contributed by atoms with Gasteiger partial charge >= 0.3 is 0 Å². The third kappa shape index (κ3) is 4.77. The van der Waals surface area contributed by atoms with Crippen LogP contribution in [0.15, 0.2) is 12.7 Å². The van der Waals surface area contributed by atoms with Gasteiger partial charge in [-0.05, 0) is 30.3 Å². The van der Waals surface area contributed by atoms with Crippen LogP contribution in [0, 0.1) is 11.3 Å². The van der Waals surface area contributed by atoms with Crippen molar-refractivity contribution in [1.82, 2.24) is 4.90 Å². The van der Waals surface area contributed by atoms with Crippen LogP contribution in [0.2, 0.25) is 0 Å². The first-order valence-corrected chi connectivity index (χ1v) is 8.77. The highest BCUT2D eigenvalue weighted by Gasteiger charge is 2.46. The molecule has 2 unspecified atom stereocenters. The van der Waals surface area contributed by atoms with E-state index in [1.54, 1.807) is 4.90 Å². The average Bonchev–Trinajstić information content (AvgIpc) is 2.88. The molecule has 0 aromatic heterocycles. The molecule has 1 aliphatic heterocycles. The molecule has 23 heavy (non-hydrogen) atoms. The number of aliphatic hydroxyl groups is 2. The maximum atomic E-state index is 9.94. The first kappa shape index (κ1) is 18.9. The van der Waals surface area contributed by atoms with E-state index < -0.39 is 12.0 Å². The van der Waals surface area contributed by atoms with Gasteiger partial charge in [0, 0.05) is 25.9 Å². The largest absolute Gasteiger partial charge is 0.395 e. The highest BCUT2D eigenvalue weighted by Crippen LogP contribution is 2.45. The molecule has 134 valence electrons. The average molecular weight is 327 g/mol. The van der Waals surface area contributed by atoms with Crippen molar-refractivity contribution >= 4 is 0 Å². The van der Waals surface area contributed by atoms with Crippen molar-refractivity contribution in [1.29, 1.82) is 0 Å². The van der Waals surface area contributed by atoms with E-state index in [2.05, 4.69) is 27.4 Å². The zero-order valence-electron chi connectivity index (χ0n) is 14.8. The van der Waals surface area contributed by atoms with Crippen LogP contribution in [-0.4, -0.2) is 59.5 Å². The fourth-order valence-corrected chi connectivity index (χ4v) is 3.76. The fourth-order valence-electron chi connectivity index (χ4n) is 3.76. The lowest BCUT2D eigenvalue weighted by Gasteiger charge is -2.41.